The van der Waals surface area contributed by atoms with Crippen LogP contribution in [-0.4, -0.2) is 68.8 Å². The number of carbonyl (C=O) groups is 1. The number of nitrogen functional groups attached to an aromatic ring is 1. The maximum atomic E-state index is 13.3. The highest BCUT2D eigenvalue weighted by Gasteiger charge is 2.30. The third-order valence-electron chi connectivity index (χ3n) is 9.54. The van der Waals surface area contributed by atoms with Crippen LogP contribution >= 0.6 is 0 Å². The summed E-state index contributed by atoms with van der Waals surface area (Å²) in [4.78, 5) is 20.0. The summed E-state index contributed by atoms with van der Waals surface area (Å²) in [7, 11) is -8.09. The van der Waals surface area contributed by atoms with Gasteiger partial charge < -0.3 is 15.4 Å². The molecule has 0 radical (unpaired) electrons. The smallest absolute Gasteiger partial charge is 0.309 e. The number of aliphatic imine (C=N–C) groups is 1. The zero-order valence-electron chi connectivity index (χ0n) is 32.1. The van der Waals surface area contributed by atoms with Crippen LogP contribution in [0, 0.1) is 12.8 Å². The Morgan fingerprint density at radius 1 is 0.927 bits per heavy atom. The van der Waals surface area contributed by atoms with Crippen molar-refractivity contribution in [2.75, 3.05) is 41.8 Å². The average Bonchev–Trinajstić information content (AvgIpc) is 3.13. The number of esters is 1. The van der Waals surface area contributed by atoms with Crippen LogP contribution in [0.5, 0.6) is 0 Å². The molecule has 0 heterocycles. The number of nitrogens with zero attached hydrogens (tertiary/aromatic N) is 2. The van der Waals surface area contributed by atoms with E-state index in [-0.39, 0.29) is 24.1 Å². The first kappa shape index (κ1) is 43.2. The molecule has 13 heteroatoms. The number of rotatable bonds is 18. The number of aryl methyl sites for hydroxylation is 1. The Labute approximate surface area is 325 Å². The molecular weight excluding hydrogens is 739 g/mol. The van der Waals surface area contributed by atoms with Crippen LogP contribution in [0.15, 0.2) is 107 Å². The van der Waals surface area contributed by atoms with Gasteiger partial charge in [-0.05, 0) is 135 Å². The van der Waals surface area contributed by atoms with E-state index in [0.717, 1.165) is 55.7 Å². The molecule has 0 fully saturated rings. The first-order chi connectivity index (χ1) is 26.1. The van der Waals surface area contributed by atoms with Gasteiger partial charge in [0.05, 0.1) is 24.0 Å². The molecule has 1 aliphatic rings. The van der Waals surface area contributed by atoms with Crippen molar-refractivity contribution in [2.45, 2.75) is 66.2 Å². The van der Waals surface area contributed by atoms with E-state index in [1.54, 1.807) is 6.92 Å². The normalized spacial score (nSPS) is 16.7. The average molecular weight is 792 g/mol. The van der Waals surface area contributed by atoms with Crippen molar-refractivity contribution in [3.8, 4) is 0 Å². The minimum Gasteiger partial charge on any atom is -0.466 e. The monoisotopic (exact) mass is 791 g/mol. The molecule has 0 aromatic heterocycles. The number of ether oxygens (including phenoxy) is 1. The van der Waals surface area contributed by atoms with Gasteiger partial charge in [-0.15, -0.1) is 0 Å². The Balaban J connectivity index is 1.79. The number of carbonyl (C=O) groups excluding carboxylic acids is 1. The summed E-state index contributed by atoms with van der Waals surface area (Å²) in [5, 5.41) is 2.22. The fourth-order valence-corrected chi connectivity index (χ4v) is 7.89. The number of unbranched alkanes of at least 4 members (excludes halogenated alkanes) is 2. The zero-order chi connectivity index (χ0) is 40.2. The molecule has 0 bridgehead atoms. The Morgan fingerprint density at radius 2 is 1.60 bits per heavy atom. The van der Waals surface area contributed by atoms with Crippen LogP contribution < -0.4 is 10.6 Å². The van der Waals surface area contributed by atoms with E-state index in [1.165, 1.54) is 0 Å². The van der Waals surface area contributed by atoms with Crippen molar-refractivity contribution in [3.05, 3.63) is 113 Å². The molecule has 0 amide bonds. The molecule has 0 aliphatic heterocycles. The minimum atomic E-state index is -4.08. The van der Waals surface area contributed by atoms with Crippen molar-refractivity contribution in [1.29, 1.82) is 0 Å². The van der Waals surface area contributed by atoms with Crippen LogP contribution in [-0.2, 0) is 29.8 Å². The Hall–Kier alpha value is -4.56. The second-order valence-corrected chi connectivity index (χ2v) is 16.9. The Bertz CT molecular complexity index is 2200. The number of benzene rings is 3. The quantitative estimate of drug-likeness (QED) is 0.0375. The Kier molecular flexibility index (Phi) is 15.6. The summed E-state index contributed by atoms with van der Waals surface area (Å²) in [6.45, 7) is 8.89. The molecule has 0 spiro atoms. The lowest BCUT2D eigenvalue weighted by Gasteiger charge is -2.29. The molecule has 1 atom stereocenters. The third-order valence-corrected chi connectivity index (χ3v) is 11.1. The van der Waals surface area contributed by atoms with Gasteiger partial charge in [0.15, 0.2) is 0 Å². The van der Waals surface area contributed by atoms with E-state index in [1.807, 2.05) is 74.5 Å². The van der Waals surface area contributed by atoms with Crippen molar-refractivity contribution in [2.24, 2.45) is 10.9 Å². The van der Waals surface area contributed by atoms with Gasteiger partial charge in [0.25, 0.3) is 20.2 Å². The van der Waals surface area contributed by atoms with Gasteiger partial charge in [-0.1, -0.05) is 54.6 Å². The molecule has 1 aliphatic carbocycles. The lowest BCUT2D eigenvalue weighted by Crippen LogP contribution is -2.24. The maximum absolute atomic E-state index is 13.3. The largest absolute Gasteiger partial charge is 0.466 e. The van der Waals surface area contributed by atoms with Gasteiger partial charge in [0.1, 0.15) is 0 Å². The van der Waals surface area contributed by atoms with E-state index >= 15 is 0 Å². The molecule has 4 rings (SSSR count). The van der Waals surface area contributed by atoms with Gasteiger partial charge >= 0.3 is 5.97 Å². The number of fused-ring (bicyclic) bond motifs is 1. The first-order valence-corrected chi connectivity index (χ1v) is 21.8. The molecule has 55 heavy (non-hydrogen) atoms. The van der Waals surface area contributed by atoms with Gasteiger partial charge in [-0.3, -0.25) is 18.9 Å². The van der Waals surface area contributed by atoms with E-state index in [2.05, 4.69) is 41.1 Å². The summed E-state index contributed by atoms with van der Waals surface area (Å²) < 4.78 is 69.0. The van der Waals surface area contributed by atoms with E-state index < -0.39 is 26.2 Å². The SMILES string of the molecule is CCOC(=O)C1CC(/C=C/C(C)=NCCCCS(=O)(=O)O)=C(c2ccc(N)cc2)C(=C/C=C(\C)N(CCCCS(=O)(=O)O)c2ccc3ccccc3c2C)/C1. The number of allylic oxidation sites excluding steroid dienone is 8. The summed E-state index contributed by atoms with van der Waals surface area (Å²) in [6.07, 6.45) is 10.4. The van der Waals surface area contributed by atoms with Crippen LogP contribution in [0.3, 0.4) is 0 Å². The predicted molar refractivity (Wildman–Crippen MR) is 223 cm³/mol. The first-order valence-electron chi connectivity index (χ1n) is 18.5. The lowest BCUT2D eigenvalue weighted by molar-refractivity contribution is -0.147. The van der Waals surface area contributed by atoms with Gasteiger partial charge in [0.2, 0.25) is 0 Å². The number of anilines is 2. The molecule has 11 nitrogen and oxygen atoms in total. The van der Waals surface area contributed by atoms with E-state index in [4.69, 9.17) is 15.0 Å². The summed E-state index contributed by atoms with van der Waals surface area (Å²) in [5.41, 5.74) is 14.1. The van der Waals surface area contributed by atoms with E-state index in [9.17, 15) is 26.2 Å². The minimum absolute atomic E-state index is 0.258. The second kappa shape index (κ2) is 19.9. The second-order valence-electron chi connectivity index (χ2n) is 13.8. The fourth-order valence-electron chi connectivity index (χ4n) is 6.75. The van der Waals surface area contributed by atoms with Crippen molar-refractivity contribution in [1.82, 2.24) is 0 Å². The molecule has 1 unspecified atom stereocenters. The van der Waals surface area contributed by atoms with Crippen LogP contribution in [0.4, 0.5) is 11.4 Å². The number of nitrogens with two attached hydrogens (primary N) is 1. The molecule has 296 valence electrons. The van der Waals surface area contributed by atoms with Crippen LogP contribution in [0.25, 0.3) is 16.3 Å². The molecule has 0 saturated heterocycles. The van der Waals surface area contributed by atoms with Crippen LogP contribution in [0.1, 0.15) is 70.4 Å². The number of hydrogen-bond donors (Lipinski definition) is 3. The fraction of sp³-hybridized carbons (Fsp3) is 0.381. The lowest BCUT2D eigenvalue weighted by atomic mass is 9.77. The van der Waals surface area contributed by atoms with Gasteiger partial charge in [0, 0.05) is 35.9 Å². The number of hydrogen-bond acceptors (Lipinski definition) is 9. The van der Waals surface area contributed by atoms with Crippen molar-refractivity contribution in [3.63, 3.8) is 0 Å². The van der Waals surface area contributed by atoms with Crippen molar-refractivity contribution < 1.29 is 35.5 Å². The molecular formula is C42H53N3O8S2. The molecule has 3 aromatic rings. The third kappa shape index (κ3) is 13.3. The van der Waals surface area contributed by atoms with Crippen molar-refractivity contribution >= 4 is 59.6 Å². The van der Waals surface area contributed by atoms with Crippen LogP contribution in [0.2, 0.25) is 0 Å². The summed E-state index contributed by atoms with van der Waals surface area (Å²) in [5.74, 6) is -1.34. The molecule has 3 aromatic carbocycles. The van der Waals surface area contributed by atoms with E-state index in [0.29, 0.717) is 57.3 Å². The topological polar surface area (TPSA) is 177 Å². The van der Waals surface area contributed by atoms with Gasteiger partial charge in [-0.25, -0.2) is 0 Å². The maximum Gasteiger partial charge on any atom is 0.309 e. The molecule has 4 N–H and O–H groups in total. The highest BCUT2D eigenvalue weighted by molar-refractivity contribution is 7.86. The standard InChI is InChI=1S/C42H53N3O8S2/c1-5-53-42(46)37-28-35(16-14-30(2)44-24-8-10-26-54(47,48)49)41(34-18-21-38(43)22-19-34)36(29-37)17-15-31(3)45(25-9-11-27-55(50,51)52)40-23-20-33-12-6-7-13-39(33)32(40)4/h6-7,12-23,37H,5,8-11,24-29,43H2,1-4H3,(H,47,48,49)(H,50,51,52)/b16-14+,31-15+,36-17+,44-30?. The molecule has 0 saturated carbocycles. The summed E-state index contributed by atoms with van der Waals surface area (Å²) >= 11 is 0. The predicted octanol–water partition coefficient (Wildman–Crippen LogP) is 8.15. The summed E-state index contributed by atoms with van der Waals surface area (Å²) in [6, 6.07) is 19.9. The van der Waals surface area contributed by atoms with Gasteiger partial charge in [-0.2, -0.15) is 16.8 Å². The highest BCUT2D eigenvalue weighted by atomic mass is 32.2. The zero-order valence-corrected chi connectivity index (χ0v) is 33.7. The highest BCUT2D eigenvalue weighted by Crippen LogP contribution is 2.41. The Morgan fingerprint density at radius 3 is 2.27 bits per heavy atom.